The van der Waals surface area contributed by atoms with Crippen LogP contribution in [0.1, 0.15) is 23.7 Å². The van der Waals surface area contributed by atoms with Crippen LogP contribution in [0.5, 0.6) is 0 Å². The highest BCUT2D eigenvalue weighted by Crippen LogP contribution is 2.63. The maximum absolute atomic E-state index is 12.9. The molecule has 1 unspecified atom stereocenters. The summed E-state index contributed by atoms with van der Waals surface area (Å²) in [7, 11) is 0. The molecule has 1 atom stereocenters. The highest BCUT2D eigenvalue weighted by Gasteiger charge is 2.68. The highest BCUT2D eigenvalue weighted by atomic mass is 35.5. The second-order valence-electron chi connectivity index (χ2n) is 7.16. The van der Waals surface area contributed by atoms with Crippen molar-refractivity contribution in [3.8, 4) is 16.9 Å². The zero-order valence-corrected chi connectivity index (χ0v) is 17.0. The molecule has 8 heteroatoms. The Hall–Kier alpha value is -2.83. The Morgan fingerprint density at radius 1 is 1.00 bits per heavy atom. The van der Waals surface area contributed by atoms with E-state index in [1.54, 1.807) is 17.8 Å². The van der Waals surface area contributed by atoms with Gasteiger partial charge in [-0.05, 0) is 25.5 Å². The van der Waals surface area contributed by atoms with E-state index in [9.17, 15) is 9.59 Å². The molecule has 0 aliphatic heterocycles. The first kappa shape index (κ1) is 19.5. The van der Waals surface area contributed by atoms with Crippen LogP contribution in [0.4, 0.5) is 0 Å². The number of aromatic nitrogens is 2. The molecule has 1 aromatic heterocycles. The van der Waals surface area contributed by atoms with Gasteiger partial charge in [0.15, 0.2) is 0 Å². The molecule has 0 bridgehead atoms. The number of alkyl halides is 2. The van der Waals surface area contributed by atoms with Crippen LogP contribution in [0, 0.1) is 5.41 Å². The lowest BCUT2D eigenvalue weighted by molar-refractivity contribution is -0.126. The van der Waals surface area contributed by atoms with Gasteiger partial charge in [-0.2, -0.15) is 5.10 Å². The van der Waals surface area contributed by atoms with E-state index in [4.69, 9.17) is 23.2 Å². The van der Waals surface area contributed by atoms with Gasteiger partial charge in [-0.15, -0.1) is 23.2 Å². The van der Waals surface area contributed by atoms with E-state index >= 15 is 0 Å². The van der Waals surface area contributed by atoms with Crippen molar-refractivity contribution in [2.75, 3.05) is 0 Å². The maximum atomic E-state index is 12.9. The summed E-state index contributed by atoms with van der Waals surface area (Å²) in [6, 6.07) is 18.8. The van der Waals surface area contributed by atoms with Gasteiger partial charge in [0.25, 0.3) is 5.91 Å². The largest absolute Gasteiger partial charge is 0.273 e. The molecule has 1 aliphatic rings. The van der Waals surface area contributed by atoms with Crippen LogP contribution in [0.25, 0.3) is 16.9 Å². The second-order valence-corrected chi connectivity index (χ2v) is 8.64. The molecule has 0 spiro atoms. The van der Waals surface area contributed by atoms with E-state index in [0.29, 0.717) is 17.7 Å². The molecule has 1 aliphatic carbocycles. The second kappa shape index (κ2) is 7.21. The molecule has 3 aromatic rings. The normalized spacial score (nSPS) is 19.4. The number of rotatable bonds is 4. The van der Waals surface area contributed by atoms with Crippen molar-refractivity contribution in [2.45, 2.75) is 17.7 Å². The molecule has 0 radical (unpaired) electrons. The molecule has 148 valence electrons. The van der Waals surface area contributed by atoms with E-state index in [1.807, 2.05) is 60.7 Å². The number of amides is 2. The summed E-state index contributed by atoms with van der Waals surface area (Å²) < 4.78 is 0.513. The van der Waals surface area contributed by atoms with Crippen molar-refractivity contribution in [2.24, 2.45) is 5.41 Å². The number of para-hydroxylation sites is 1. The molecule has 1 saturated carbocycles. The zero-order valence-electron chi connectivity index (χ0n) is 15.5. The van der Waals surface area contributed by atoms with Crippen LogP contribution < -0.4 is 10.9 Å². The number of benzene rings is 2. The summed E-state index contributed by atoms with van der Waals surface area (Å²) in [6.07, 6.45) is 1.96. The van der Waals surface area contributed by atoms with Crippen molar-refractivity contribution in [3.05, 3.63) is 72.4 Å². The molecule has 1 fully saturated rings. The zero-order chi connectivity index (χ0) is 20.6. The van der Waals surface area contributed by atoms with Crippen LogP contribution in [-0.4, -0.2) is 25.9 Å². The average Bonchev–Trinajstić information content (AvgIpc) is 3.07. The summed E-state index contributed by atoms with van der Waals surface area (Å²) >= 11 is 12.1. The van der Waals surface area contributed by atoms with Gasteiger partial charge in [0.2, 0.25) is 5.91 Å². The summed E-state index contributed by atoms with van der Waals surface area (Å²) in [5, 5.41) is 4.58. The van der Waals surface area contributed by atoms with E-state index in [2.05, 4.69) is 16.0 Å². The number of carbonyl (C=O) groups is 2. The third kappa shape index (κ3) is 3.61. The predicted molar refractivity (Wildman–Crippen MR) is 112 cm³/mol. The quantitative estimate of drug-likeness (QED) is 0.488. The Labute approximate surface area is 177 Å². The molecule has 4 rings (SSSR count). The number of halogens is 2. The van der Waals surface area contributed by atoms with Crippen molar-refractivity contribution < 1.29 is 9.59 Å². The van der Waals surface area contributed by atoms with Gasteiger partial charge in [-0.1, -0.05) is 48.5 Å². The number of nitrogens with one attached hydrogen (secondary N) is 2. The Kier molecular flexibility index (Phi) is 4.84. The van der Waals surface area contributed by atoms with Crippen LogP contribution in [-0.2, 0) is 4.79 Å². The molecule has 2 N–H and O–H groups in total. The van der Waals surface area contributed by atoms with Crippen molar-refractivity contribution in [1.29, 1.82) is 0 Å². The van der Waals surface area contributed by atoms with Gasteiger partial charge in [0.1, 0.15) is 10.0 Å². The highest BCUT2D eigenvalue weighted by molar-refractivity contribution is 6.53. The minimum absolute atomic E-state index is 0.323. The van der Waals surface area contributed by atoms with Crippen molar-refractivity contribution >= 4 is 35.0 Å². The number of carbonyl (C=O) groups excluding carboxylic acids is 2. The van der Waals surface area contributed by atoms with E-state index in [-0.39, 0.29) is 0 Å². The van der Waals surface area contributed by atoms with Crippen LogP contribution in [0.15, 0.2) is 66.9 Å². The molecule has 1 heterocycles. The molecule has 6 nitrogen and oxygen atoms in total. The monoisotopic (exact) mass is 428 g/mol. The lowest BCUT2D eigenvalue weighted by atomic mass is 10.1. The molecule has 2 amide bonds. The molecule has 0 saturated heterocycles. The number of hydrazine groups is 1. The Morgan fingerprint density at radius 2 is 1.59 bits per heavy atom. The Morgan fingerprint density at radius 3 is 2.17 bits per heavy atom. The minimum Gasteiger partial charge on any atom is -0.273 e. The fraction of sp³-hybridized carbons (Fsp3) is 0.190. The predicted octanol–water partition coefficient (Wildman–Crippen LogP) is 3.88. The van der Waals surface area contributed by atoms with E-state index in [0.717, 1.165) is 11.3 Å². The maximum Gasteiger partial charge on any atom is 0.273 e. The minimum atomic E-state index is -1.12. The topological polar surface area (TPSA) is 76.0 Å². The van der Waals surface area contributed by atoms with E-state index < -0.39 is 21.6 Å². The third-order valence-corrected chi connectivity index (χ3v) is 6.18. The van der Waals surface area contributed by atoms with Gasteiger partial charge < -0.3 is 0 Å². The first-order chi connectivity index (χ1) is 13.8. The first-order valence-corrected chi connectivity index (χ1v) is 9.76. The molecule has 2 aromatic carbocycles. The Balaban J connectivity index is 1.61. The Bertz CT molecular complexity index is 1070. The fourth-order valence-corrected chi connectivity index (χ4v) is 3.73. The number of hydrogen-bond donors (Lipinski definition) is 2. The lowest BCUT2D eigenvalue weighted by Crippen LogP contribution is -2.45. The van der Waals surface area contributed by atoms with Gasteiger partial charge in [-0.25, -0.2) is 4.68 Å². The van der Waals surface area contributed by atoms with Gasteiger partial charge in [0.05, 0.1) is 16.7 Å². The van der Waals surface area contributed by atoms with Gasteiger partial charge >= 0.3 is 0 Å². The van der Waals surface area contributed by atoms with Crippen LogP contribution in [0.3, 0.4) is 0 Å². The molecular weight excluding hydrogens is 411 g/mol. The summed E-state index contributed by atoms with van der Waals surface area (Å²) in [4.78, 5) is 25.2. The standard InChI is InChI=1S/C21H18Cl2N4O2/c1-20(13-21(20,22)23)19(29)25-24-18(28)16-12-27(15-10-6-3-7-11-15)26-17(16)14-8-4-2-5-9-14/h2-12H,13H2,1H3,(H,24,28)(H,25,29). The third-order valence-electron chi connectivity index (χ3n) is 5.08. The summed E-state index contributed by atoms with van der Waals surface area (Å²) in [5.41, 5.74) is 6.36. The molecule has 29 heavy (non-hydrogen) atoms. The SMILES string of the molecule is CC1(C(=O)NNC(=O)c2cn(-c3ccccc3)nc2-c2ccccc2)CC1(Cl)Cl. The van der Waals surface area contributed by atoms with Gasteiger partial charge in [-0.3, -0.25) is 20.4 Å². The number of nitrogens with zero attached hydrogens (tertiary/aromatic N) is 2. The fourth-order valence-electron chi connectivity index (χ4n) is 3.03. The number of hydrogen-bond acceptors (Lipinski definition) is 3. The van der Waals surface area contributed by atoms with Crippen molar-refractivity contribution in [1.82, 2.24) is 20.6 Å². The smallest absolute Gasteiger partial charge is 0.273 e. The first-order valence-electron chi connectivity index (χ1n) is 9.01. The van der Waals surface area contributed by atoms with Gasteiger partial charge in [0, 0.05) is 11.8 Å². The average molecular weight is 429 g/mol. The van der Waals surface area contributed by atoms with Crippen molar-refractivity contribution in [3.63, 3.8) is 0 Å². The van der Waals surface area contributed by atoms with E-state index in [1.165, 1.54) is 0 Å². The summed E-state index contributed by atoms with van der Waals surface area (Å²) in [5.74, 6) is -0.925. The molecular formula is C21H18Cl2N4O2. The van der Waals surface area contributed by atoms with Crippen LogP contribution >= 0.6 is 23.2 Å². The van der Waals surface area contributed by atoms with Crippen LogP contribution in [0.2, 0.25) is 0 Å². The lowest BCUT2D eigenvalue weighted by Gasteiger charge is -2.13. The summed E-state index contributed by atoms with van der Waals surface area (Å²) in [6.45, 7) is 1.65.